The number of nitrogens with zero attached hydrogens (tertiary/aromatic N) is 1. The SMILES string of the molecule is CCCCCCC(C)Oc1cc(C(=O)S)nc(C(=O)S)c1. The topological polar surface area (TPSA) is 56.3 Å². The summed E-state index contributed by atoms with van der Waals surface area (Å²) >= 11 is 7.46. The second-order valence-corrected chi connectivity index (χ2v) is 5.77. The van der Waals surface area contributed by atoms with Crippen LogP contribution in [0.1, 0.15) is 66.9 Å². The van der Waals surface area contributed by atoms with Crippen LogP contribution < -0.4 is 4.74 Å². The van der Waals surface area contributed by atoms with Crippen LogP contribution in [0.15, 0.2) is 12.1 Å². The standard InChI is InChI=1S/C15H21NO3S2/c1-3-4-5-6-7-10(2)19-11-8-12(14(17)20)16-13(9-11)15(18)21/h8-10H,3-7H2,1-2H3,(H,17,20)(H,18,21). The maximum Gasteiger partial charge on any atom is 0.234 e. The number of ether oxygens (including phenoxy) is 1. The minimum absolute atomic E-state index is 0.00925. The molecule has 0 bridgehead atoms. The lowest BCUT2D eigenvalue weighted by Gasteiger charge is -2.15. The Labute approximate surface area is 136 Å². The van der Waals surface area contributed by atoms with Crippen LogP contribution in [0.3, 0.4) is 0 Å². The summed E-state index contributed by atoms with van der Waals surface area (Å²) in [7, 11) is 0. The molecule has 0 spiro atoms. The Kier molecular flexibility index (Phi) is 7.82. The first-order valence-electron chi connectivity index (χ1n) is 7.09. The maximum atomic E-state index is 11.3. The van der Waals surface area contributed by atoms with Crippen molar-refractivity contribution in [3.8, 4) is 5.75 Å². The van der Waals surface area contributed by atoms with Gasteiger partial charge in [0, 0.05) is 12.1 Å². The van der Waals surface area contributed by atoms with E-state index in [9.17, 15) is 9.59 Å². The summed E-state index contributed by atoms with van der Waals surface area (Å²) < 4.78 is 5.76. The van der Waals surface area contributed by atoms with Gasteiger partial charge in [-0.3, -0.25) is 9.59 Å². The number of hydrogen-bond acceptors (Lipinski definition) is 4. The molecular weight excluding hydrogens is 306 g/mol. The zero-order chi connectivity index (χ0) is 15.8. The third kappa shape index (κ3) is 6.52. The average Bonchev–Trinajstić information content (AvgIpc) is 2.43. The Balaban J connectivity index is 2.73. The van der Waals surface area contributed by atoms with Gasteiger partial charge in [0.05, 0.1) is 6.10 Å². The molecule has 0 aliphatic rings. The van der Waals surface area contributed by atoms with Crippen molar-refractivity contribution in [1.82, 2.24) is 4.98 Å². The van der Waals surface area contributed by atoms with Crippen LogP contribution in [-0.2, 0) is 0 Å². The zero-order valence-corrected chi connectivity index (χ0v) is 14.1. The Morgan fingerprint density at radius 3 is 2.19 bits per heavy atom. The molecule has 0 saturated heterocycles. The van der Waals surface area contributed by atoms with Gasteiger partial charge in [-0.05, 0) is 19.8 Å². The van der Waals surface area contributed by atoms with Crippen LogP contribution in [0.25, 0.3) is 0 Å². The van der Waals surface area contributed by atoms with Crippen molar-refractivity contribution in [3.05, 3.63) is 23.5 Å². The summed E-state index contributed by atoms with van der Waals surface area (Å²) in [5.74, 6) is 0.447. The Morgan fingerprint density at radius 1 is 1.14 bits per heavy atom. The molecule has 1 heterocycles. The minimum Gasteiger partial charge on any atom is -0.491 e. The molecule has 1 aromatic rings. The van der Waals surface area contributed by atoms with Crippen molar-refractivity contribution >= 4 is 35.5 Å². The monoisotopic (exact) mass is 327 g/mol. The highest BCUT2D eigenvalue weighted by molar-refractivity contribution is 7.97. The lowest BCUT2D eigenvalue weighted by atomic mass is 10.1. The van der Waals surface area contributed by atoms with Crippen molar-refractivity contribution < 1.29 is 14.3 Å². The fourth-order valence-corrected chi connectivity index (χ4v) is 2.17. The fourth-order valence-electron chi connectivity index (χ4n) is 1.94. The van der Waals surface area contributed by atoms with Gasteiger partial charge in [-0.25, -0.2) is 4.98 Å². The van der Waals surface area contributed by atoms with Crippen LogP contribution in [0.5, 0.6) is 5.75 Å². The zero-order valence-electron chi connectivity index (χ0n) is 12.3. The molecule has 0 radical (unpaired) electrons. The van der Waals surface area contributed by atoms with Gasteiger partial charge < -0.3 is 4.74 Å². The van der Waals surface area contributed by atoms with E-state index in [-0.39, 0.29) is 17.5 Å². The fraction of sp³-hybridized carbons (Fsp3) is 0.533. The summed E-state index contributed by atoms with van der Waals surface area (Å²) in [5.41, 5.74) is 0.179. The molecule has 1 atom stereocenters. The van der Waals surface area contributed by atoms with Crippen LogP contribution >= 0.6 is 25.3 Å². The first-order valence-corrected chi connectivity index (χ1v) is 7.98. The highest BCUT2D eigenvalue weighted by Gasteiger charge is 2.13. The van der Waals surface area contributed by atoms with Gasteiger partial charge in [0.1, 0.15) is 17.1 Å². The largest absolute Gasteiger partial charge is 0.491 e. The molecule has 0 aliphatic carbocycles. The number of aromatic nitrogens is 1. The van der Waals surface area contributed by atoms with E-state index in [4.69, 9.17) is 4.74 Å². The number of hydrogen-bond donors (Lipinski definition) is 2. The number of pyridine rings is 1. The molecule has 1 aromatic heterocycles. The smallest absolute Gasteiger partial charge is 0.234 e. The van der Waals surface area contributed by atoms with E-state index in [2.05, 4.69) is 37.2 Å². The molecule has 0 aliphatic heterocycles. The first kappa shape index (κ1) is 18.0. The van der Waals surface area contributed by atoms with E-state index in [1.165, 1.54) is 31.4 Å². The van der Waals surface area contributed by atoms with Gasteiger partial charge in [0.15, 0.2) is 0 Å². The highest BCUT2D eigenvalue weighted by atomic mass is 32.1. The molecule has 0 amide bonds. The summed E-state index contributed by atoms with van der Waals surface area (Å²) in [4.78, 5) is 26.5. The van der Waals surface area contributed by atoms with Gasteiger partial charge in [-0.2, -0.15) is 0 Å². The molecule has 0 saturated carbocycles. The third-order valence-electron chi connectivity index (χ3n) is 3.04. The predicted molar refractivity (Wildman–Crippen MR) is 89.7 cm³/mol. The molecule has 116 valence electrons. The van der Waals surface area contributed by atoms with E-state index in [0.29, 0.717) is 5.75 Å². The number of carbonyl (C=O) groups excluding carboxylic acids is 2. The van der Waals surface area contributed by atoms with Crippen LogP contribution in [-0.4, -0.2) is 21.3 Å². The lowest BCUT2D eigenvalue weighted by Crippen LogP contribution is -2.13. The molecular formula is C15H21NO3S2. The number of unbranched alkanes of at least 4 members (excludes halogenated alkanes) is 3. The van der Waals surface area contributed by atoms with Gasteiger partial charge >= 0.3 is 0 Å². The van der Waals surface area contributed by atoms with Crippen molar-refractivity contribution in [3.63, 3.8) is 0 Å². The Morgan fingerprint density at radius 2 is 1.71 bits per heavy atom. The van der Waals surface area contributed by atoms with Crippen LogP contribution in [0.2, 0.25) is 0 Å². The first-order chi connectivity index (χ1) is 9.93. The van der Waals surface area contributed by atoms with E-state index in [1.54, 1.807) is 0 Å². The highest BCUT2D eigenvalue weighted by Crippen LogP contribution is 2.20. The van der Waals surface area contributed by atoms with Crippen molar-refractivity contribution in [2.75, 3.05) is 0 Å². The lowest BCUT2D eigenvalue weighted by molar-refractivity contribution is 0.108. The molecule has 6 heteroatoms. The number of rotatable bonds is 9. The van der Waals surface area contributed by atoms with Crippen LogP contribution in [0, 0.1) is 0 Å². The molecule has 0 fully saturated rings. The average molecular weight is 327 g/mol. The Bertz CT molecular complexity index is 473. The van der Waals surface area contributed by atoms with Gasteiger partial charge in [0.2, 0.25) is 10.2 Å². The second-order valence-electron chi connectivity index (χ2n) is 4.96. The van der Waals surface area contributed by atoms with E-state index < -0.39 is 10.2 Å². The van der Waals surface area contributed by atoms with E-state index in [1.807, 2.05) is 6.92 Å². The Hall–Kier alpha value is -1.01. The van der Waals surface area contributed by atoms with Gasteiger partial charge in [-0.1, -0.05) is 51.4 Å². The summed E-state index contributed by atoms with van der Waals surface area (Å²) in [5, 5.41) is -1.02. The summed E-state index contributed by atoms with van der Waals surface area (Å²) in [6.07, 6.45) is 5.63. The van der Waals surface area contributed by atoms with Crippen molar-refractivity contribution in [1.29, 1.82) is 0 Å². The molecule has 21 heavy (non-hydrogen) atoms. The molecule has 0 N–H and O–H groups in total. The summed E-state index contributed by atoms with van der Waals surface area (Å²) in [6, 6.07) is 3.00. The minimum atomic E-state index is -0.508. The number of thiol groups is 2. The quantitative estimate of drug-likeness (QED) is 0.532. The van der Waals surface area contributed by atoms with Gasteiger partial charge in [-0.15, -0.1) is 0 Å². The van der Waals surface area contributed by atoms with E-state index in [0.717, 1.165) is 12.8 Å². The second kappa shape index (κ2) is 9.10. The number of carbonyl (C=O) groups is 2. The van der Waals surface area contributed by atoms with E-state index >= 15 is 0 Å². The predicted octanol–water partition coefficient (Wildman–Crippen LogP) is 3.96. The molecule has 0 aromatic carbocycles. The summed E-state index contributed by atoms with van der Waals surface area (Å²) in [6.45, 7) is 4.14. The normalized spacial score (nSPS) is 12.0. The van der Waals surface area contributed by atoms with Crippen LogP contribution in [0.4, 0.5) is 0 Å². The third-order valence-corrected chi connectivity index (χ3v) is 3.50. The van der Waals surface area contributed by atoms with Gasteiger partial charge in [0.25, 0.3) is 0 Å². The molecule has 4 nitrogen and oxygen atoms in total. The molecule has 1 rings (SSSR count). The maximum absolute atomic E-state index is 11.3. The molecule has 1 unspecified atom stereocenters. The van der Waals surface area contributed by atoms with Crippen molar-refractivity contribution in [2.45, 2.75) is 52.1 Å². The van der Waals surface area contributed by atoms with Crippen molar-refractivity contribution in [2.24, 2.45) is 0 Å².